The van der Waals surface area contributed by atoms with Crippen LogP contribution >= 0.6 is 0 Å². The topological polar surface area (TPSA) is 44.8 Å². The molecule has 4 bridgehead atoms. The molecule has 0 aromatic rings. The number of fused-ring (bicyclic) bond motifs is 9. The molecule has 0 amide bonds. The third-order valence-corrected chi connectivity index (χ3v) is 10.3. The fourth-order valence-electron chi connectivity index (χ4n) is 9.55. The molecule has 0 radical (unpaired) electrons. The monoisotopic (exact) mass is 446 g/mol. The summed E-state index contributed by atoms with van der Waals surface area (Å²) in [4.78, 5) is 13.2. The summed E-state index contributed by atoms with van der Waals surface area (Å²) in [6, 6.07) is 0. The van der Waals surface area contributed by atoms with E-state index in [1.807, 2.05) is 6.92 Å². The summed E-state index contributed by atoms with van der Waals surface area (Å²) in [6.45, 7) is 14.9. The fourth-order valence-corrected chi connectivity index (χ4v) is 9.55. The Kier molecular flexibility index (Phi) is 6.19. The molecule has 4 heteroatoms. The minimum atomic E-state index is -0.505. The zero-order valence-corrected chi connectivity index (χ0v) is 21.2. The van der Waals surface area contributed by atoms with E-state index >= 15 is 0 Å². The smallest absolute Gasteiger partial charge is 0.309 e. The summed E-state index contributed by atoms with van der Waals surface area (Å²) in [5.41, 5.74) is 0. The zero-order chi connectivity index (χ0) is 22.8. The largest absolute Gasteiger partial charge is 0.463 e. The van der Waals surface area contributed by atoms with E-state index in [4.69, 9.17) is 14.2 Å². The molecule has 182 valence electrons. The first-order valence-corrected chi connectivity index (χ1v) is 13.7. The third-order valence-electron chi connectivity index (χ3n) is 10.3. The van der Waals surface area contributed by atoms with Gasteiger partial charge in [-0.1, -0.05) is 41.0 Å². The molecular weight excluding hydrogens is 400 g/mol. The van der Waals surface area contributed by atoms with Crippen LogP contribution in [0.15, 0.2) is 0 Å². The molecule has 5 aliphatic rings. The predicted octanol–water partition coefficient (Wildman–Crippen LogP) is 5.93. The van der Waals surface area contributed by atoms with Crippen molar-refractivity contribution in [1.29, 1.82) is 0 Å². The molecule has 5 fully saturated rings. The van der Waals surface area contributed by atoms with E-state index in [2.05, 4.69) is 34.6 Å². The summed E-state index contributed by atoms with van der Waals surface area (Å²) in [6.07, 6.45) is 6.78. The Balaban J connectivity index is 1.19. The highest BCUT2D eigenvalue weighted by atomic mass is 16.7. The van der Waals surface area contributed by atoms with E-state index in [9.17, 15) is 4.79 Å². The van der Waals surface area contributed by atoms with Gasteiger partial charge in [-0.25, -0.2) is 0 Å². The summed E-state index contributed by atoms with van der Waals surface area (Å²) in [7, 11) is 0. The Labute approximate surface area is 195 Å². The summed E-state index contributed by atoms with van der Waals surface area (Å²) in [5, 5.41) is 0. The molecule has 0 aromatic heterocycles. The predicted molar refractivity (Wildman–Crippen MR) is 125 cm³/mol. The van der Waals surface area contributed by atoms with Gasteiger partial charge >= 0.3 is 5.97 Å². The van der Waals surface area contributed by atoms with Crippen molar-refractivity contribution in [2.75, 3.05) is 13.2 Å². The molecule has 4 nitrogen and oxygen atoms in total. The van der Waals surface area contributed by atoms with Crippen molar-refractivity contribution >= 4 is 5.97 Å². The second kappa shape index (κ2) is 8.56. The molecule has 0 spiro atoms. The number of ether oxygens (including phenoxy) is 3. The van der Waals surface area contributed by atoms with Gasteiger partial charge in [-0.3, -0.25) is 4.79 Å². The van der Waals surface area contributed by atoms with E-state index in [0.717, 1.165) is 78.9 Å². The molecule has 0 N–H and O–H groups in total. The molecule has 1 saturated heterocycles. The minimum absolute atomic E-state index is 0.0472. The van der Waals surface area contributed by atoms with Gasteiger partial charge in [0.05, 0.1) is 12.5 Å². The van der Waals surface area contributed by atoms with Gasteiger partial charge in [-0.05, 0) is 91.8 Å². The summed E-state index contributed by atoms with van der Waals surface area (Å²) >= 11 is 0. The highest BCUT2D eigenvalue weighted by Crippen LogP contribution is 2.73. The molecule has 1 aliphatic heterocycles. The maximum absolute atomic E-state index is 13.2. The van der Waals surface area contributed by atoms with Crippen molar-refractivity contribution in [2.45, 2.75) is 92.0 Å². The van der Waals surface area contributed by atoms with Crippen LogP contribution in [-0.4, -0.2) is 31.1 Å². The molecular formula is C28H46O4. The van der Waals surface area contributed by atoms with Gasteiger partial charge in [-0.2, -0.15) is 0 Å². The number of hydrogen-bond acceptors (Lipinski definition) is 4. The Hall–Kier alpha value is -0.610. The standard InChI is InChI=1S/C28H46O4/c1-7-8-9-28(6)31-14-18(32-28)13-30-27(29)20-11-17-10-19(20)26-22-12-21(25(17)26)23(15(2)3)24(22)16(4)5/h15-26H,7-14H2,1-6H3. The zero-order valence-electron chi connectivity index (χ0n) is 21.2. The molecule has 4 aliphatic carbocycles. The van der Waals surface area contributed by atoms with Crippen LogP contribution in [0.5, 0.6) is 0 Å². The molecule has 11 unspecified atom stereocenters. The molecule has 1 heterocycles. The third kappa shape index (κ3) is 3.67. The van der Waals surface area contributed by atoms with Crippen LogP contribution in [0.25, 0.3) is 0 Å². The first-order chi connectivity index (χ1) is 15.2. The maximum Gasteiger partial charge on any atom is 0.309 e. The molecule has 5 rings (SSSR count). The van der Waals surface area contributed by atoms with Crippen LogP contribution in [0.1, 0.15) is 80.1 Å². The SMILES string of the molecule is CCCCC1(C)OCC(COC(=O)C2CC3CC2C2C4CC(C(C(C)C)C4C(C)C)C32)O1. The number of carbonyl (C=O) groups excluding carboxylic acids is 1. The van der Waals surface area contributed by atoms with Crippen LogP contribution in [0.2, 0.25) is 0 Å². The average molecular weight is 447 g/mol. The Bertz CT molecular complexity index is 704. The Morgan fingerprint density at radius 2 is 1.69 bits per heavy atom. The van der Waals surface area contributed by atoms with Crippen molar-refractivity contribution in [3.05, 3.63) is 0 Å². The van der Waals surface area contributed by atoms with Crippen LogP contribution in [-0.2, 0) is 19.0 Å². The van der Waals surface area contributed by atoms with Gasteiger partial charge < -0.3 is 14.2 Å². The maximum atomic E-state index is 13.2. The molecule has 11 atom stereocenters. The van der Waals surface area contributed by atoms with Gasteiger partial charge in [0.2, 0.25) is 0 Å². The second-order valence-electron chi connectivity index (χ2n) is 12.8. The summed E-state index contributed by atoms with van der Waals surface area (Å²) in [5.74, 6) is 7.70. The van der Waals surface area contributed by atoms with Crippen molar-refractivity contribution in [1.82, 2.24) is 0 Å². The lowest BCUT2D eigenvalue weighted by Gasteiger charge is -2.47. The van der Waals surface area contributed by atoms with Gasteiger partial charge in [0, 0.05) is 6.42 Å². The number of hydrogen-bond donors (Lipinski definition) is 0. The average Bonchev–Trinajstić information content (AvgIpc) is 3.54. The van der Waals surface area contributed by atoms with E-state index in [0.29, 0.717) is 19.1 Å². The lowest BCUT2D eigenvalue weighted by molar-refractivity contribution is -0.173. The number of unbranched alkanes of at least 4 members (excludes halogenated alkanes) is 1. The van der Waals surface area contributed by atoms with E-state index in [-0.39, 0.29) is 18.0 Å². The molecule has 4 saturated carbocycles. The number of carbonyl (C=O) groups is 1. The van der Waals surface area contributed by atoms with Crippen LogP contribution in [0, 0.1) is 65.1 Å². The molecule has 32 heavy (non-hydrogen) atoms. The Morgan fingerprint density at radius 1 is 1.00 bits per heavy atom. The molecule has 0 aromatic carbocycles. The lowest BCUT2D eigenvalue weighted by Crippen LogP contribution is -2.45. The van der Waals surface area contributed by atoms with Crippen LogP contribution in [0.4, 0.5) is 0 Å². The highest BCUT2D eigenvalue weighted by molar-refractivity contribution is 5.73. The minimum Gasteiger partial charge on any atom is -0.463 e. The normalized spacial score (nSPS) is 48.9. The van der Waals surface area contributed by atoms with E-state index in [1.165, 1.54) is 12.8 Å². The van der Waals surface area contributed by atoms with E-state index in [1.54, 1.807) is 0 Å². The second-order valence-corrected chi connectivity index (χ2v) is 12.8. The fraction of sp³-hybridized carbons (Fsp3) is 0.964. The van der Waals surface area contributed by atoms with Gasteiger partial charge in [-0.15, -0.1) is 0 Å². The number of rotatable bonds is 8. The first-order valence-electron chi connectivity index (χ1n) is 13.7. The van der Waals surface area contributed by atoms with Gasteiger partial charge in [0.15, 0.2) is 5.79 Å². The lowest BCUT2D eigenvalue weighted by atomic mass is 9.57. The number of esters is 1. The van der Waals surface area contributed by atoms with Crippen molar-refractivity contribution in [2.24, 2.45) is 65.1 Å². The van der Waals surface area contributed by atoms with E-state index < -0.39 is 5.79 Å². The van der Waals surface area contributed by atoms with Gasteiger partial charge in [0.25, 0.3) is 0 Å². The quantitative estimate of drug-likeness (QED) is 0.342. The van der Waals surface area contributed by atoms with Crippen LogP contribution in [0.3, 0.4) is 0 Å². The summed E-state index contributed by atoms with van der Waals surface area (Å²) < 4.78 is 17.9. The highest BCUT2D eigenvalue weighted by Gasteiger charge is 2.68. The Morgan fingerprint density at radius 3 is 2.34 bits per heavy atom. The van der Waals surface area contributed by atoms with Gasteiger partial charge in [0.1, 0.15) is 12.7 Å². The first kappa shape index (κ1) is 23.1. The van der Waals surface area contributed by atoms with Crippen molar-refractivity contribution in [3.63, 3.8) is 0 Å². The van der Waals surface area contributed by atoms with Crippen molar-refractivity contribution < 1.29 is 19.0 Å². The van der Waals surface area contributed by atoms with Crippen LogP contribution < -0.4 is 0 Å². The van der Waals surface area contributed by atoms with Crippen molar-refractivity contribution in [3.8, 4) is 0 Å².